The summed E-state index contributed by atoms with van der Waals surface area (Å²) in [5.74, 6) is -1.35. The molecule has 0 aliphatic carbocycles. The summed E-state index contributed by atoms with van der Waals surface area (Å²) in [6.45, 7) is -0.0322. The first-order chi connectivity index (χ1) is 5.61. The van der Waals surface area contributed by atoms with E-state index >= 15 is 0 Å². The molecule has 0 spiro atoms. The molecule has 0 fully saturated rings. The maximum atomic E-state index is 10.7. The average molecular weight is 193 g/mol. The van der Waals surface area contributed by atoms with Gasteiger partial charge in [0.2, 0.25) is 0 Å². The van der Waals surface area contributed by atoms with Gasteiger partial charge in [-0.3, -0.25) is 4.79 Å². The van der Waals surface area contributed by atoms with E-state index in [9.17, 15) is 9.59 Å². The number of carbonyl (C=O) groups excluding carboxylic acids is 2. The Hall–Kier alpha value is -0.790. The third kappa shape index (κ3) is 4.16. The number of nitrogens with one attached hydrogen (secondary N) is 1. The van der Waals surface area contributed by atoms with Crippen LogP contribution >= 0.6 is 12.6 Å². The lowest BCUT2D eigenvalue weighted by molar-refractivity contribution is -0.158. The SMILES string of the molecule is NCC(N)C(=O)ONC(=O)CS. The van der Waals surface area contributed by atoms with Crippen molar-refractivity contribution in [2.24, 2.45) is 11.5 Å². The molecule has 0 bridgehead atoms. The molecule has 0 saturated carbocycles. The number of thiol groups is 1. The van der Waals surface area contributed by atoms with Crippen molar-refractivity contribution >= 4 is 24.5 Å². The first kappa shape index (κ1) is 11.2. The summed E-state index contributed by atoms with van der Waals surface area (Å²) in [6.07, 6.45) is 0. The van der Waals surface area contributed by atoms with Crippen molar-refractivity contribution in [3.05, 3.63) is 0 Å². The Morgan fingerprint density at radius 1 is 1.58 bits per heavy atom. The van der Waals surface area contributed by atoms with Crippen molar-refractivity contribution in [2.75, 3.05) is 12.3 Å². The van der Waals surface area contributed by atoms with E-state index in [0.717, 1.165) is 0 Å². The summed E-state index contributed by atoms with van der Waals surface area (Å²) in [4.78, 5) is 25.5. The van der Waals surface area contributed by atoms with Crippen LogP contribution < -0.4 is 16.9 Å². The number of nitrogens with two attached hydrogens (primary N) is 2. The van der Waals surface area contributed by atoms with Gasteiger partial charge >= 0.3 is 5.97 Å². The van der Waals surface area contributed by atoms with Gasteiger partial charge in [-0.2, -0.15) is 18.1 Å². The zero-order valence-corrected chi connectivity index (χ0v) is 7.21. The quantitative estimate of drug-likeness (QED) is 0.300. The predicted molar refractivity (Wildman–Crippen MR) is 45.1 cm³/mol. The van der Waals surface area contributed by atoms with Gasteiger partial charge in [-0.1, -0.05) is 0 Å². The molecule has 1 atom stereocenters. The lowest BCUT2D eigenvalue weighted by Gasteiger charge is -2.07. The molecule has 0 radical (unpaired) electrons. The summed E-state index contributed by atoms with van der Waals surface area (Å²) in [5, 5.41) is 0. The third-order valence-corrected chi connectivity index (χ3v) is 1.25. The van der Waals surface area contributed by atoms with Crippen LogP contribution in [0, 0.1) is 0 Å². The summed E-state index contributed by atoms with van der Waals surface area (Å²) >= 11 is 3.63. The monoisotopic (exact) mass is 193 g/mol. The Kier molecular flexibility index (Phi) is 5.43. The molecule has 70 valence electrons. The molecule has 0 aromatic rings. The van der Waals surface area contributed by atoms with E-state index in [1.54, 1.807) is 0 Å². The normalized spacial score (nSPS) is 11.9. The molecule has 0 aromatic heterocycles. The van der Waals surface area contributed by atoms with E-state index in [1.165, 1.54) is 0 Å². The fourth-order valence-electron chi connectivity index (χ4n) is 0.311. The second-order valence-electron chi connectivity index (χ2n) is 1.95. The molecule has 0 heterocycles. The first-order valence-corrected chi connectivity index (χ1v) is 3.81. The summed E-state index contributed by atoms with van der Waals surface area (Å²) in [7, 11) is 0. The average Bonchev–Trinajstić information content (AvgIpc) is 2.11. The molecule has 5 N–H and O–H groups in total. The number of carbonyl (C=O) groups is 2. The molecule has 0 aliphatic heterocycles. The van der Waals surface area contributed by atoms with Crippen molar-refractivity contribution in [2.45, 2.75) is 6.04 Å². The van der Waals surface area contributed by atoms with Gasteiger partial charge in [0.15, 0.2) is 0 Å². The van der Waals surface area contributed by atoms with E-state index in [2.05, 4.69) is 17.5 Å². The molecule has 0 aromatic carbocycles. The van der Waals surface area contributed by atoms with E-state index in [1.807, 2.05) is 5.48 Å². The summed E-state index contributed by atoms with van der Waals surface area (Å²) < 4.78 is 0. The van der Waals surface area contributed by atoms with Gasteiger partial charge in [0, 0.05) is 6.54 Å². The second-order valence-corrected chi connectivity index (χ2v) is 2.26. The van der Waals surface area contributed by atoms with Crippen LogP contribution in [0.2, 0.25) is 0 Å². The molecule has 0 rings (SSSR count). The Morgan fingerprint density at radius 2 is 2.17 bits per heavy atom. The number of hydrogen-bond donors (Lipinski definition) is 4. The second kappa shape index (κ2) is 5.81. The van der Waals surface area contributed by atoms with Gasteiger partial charge in [0.25, 0.3) is 5.91 Å². The topological polar surface area (TPSA) is 107 Å². The van der Waals surface area contributed by atoms with Gasteiger partial charge in [0.1, 0.15) is 6.04 Å². The molecule has 6 nitrogen and oxygen atoms in total. The Morgan fingerprint density at radius 3 is 2.58 bits per heavy atom. The van der Waals surface area contributed by atoms with Crippen LogP contribution in [0.3, 0.4) is 0 Å². The van der Waals surface area contributed by atoms with Gasteiger partial charge < -0.3 is 16.3 Å². The molecule has 12 heavy (non-hydrogen) atoms. The van der Waals surface area contributed by atoms with Crippen LogP contribution in [0.5, 0.6) is 0 Å². The fourth-order valence-corrected chi connectivity index (χ4v) is 0.376. The van der Waals surface area contributed by atoms with Crippen molar-refractivity contribution < 1.29 is 14.4 Å². The molecule has 0 saturated heterocycles. The van der Waals surface area contributed by atoms with Crippen molar-refractivity contribution in [3.8, 4) is 0 Å². The maximum Gasteiger partial charge on any atom is 0.350 e. The Labute approximate surface area is 75.0 Å². The van der Waals surface area contributed by atoms with Crippen LogP contribution in [0.4, 0.5) is 0 Å². The molecular weight excluding hydrogens is 182 g/mol. The van der Waals surface area contributed by atoms with Gasteiger partial charge in [-0.25, -0.2) is 4.79 Å². The van der Waals surface area contributed by atoms with Crippen LogP contribution in [0.1, 0.15) is 0 Å². The molecule has 1 amide bonds. The number of amides is 1. The van der Waals surface area contributed by atoms with Crippen molar-refractivity contribution in [3.63, 3.8) is 0 Å². The highest BCUT2D eigenvalue weighted by molar-refractivity contribution is 7.81. The van der Waals surface area contributed by atoms with Crippen molar-refractivity contribution in [1.82, 2.24) is 5.48 Å². The van der Waals surface area contributed by atoms with Gasteiger partial charge in [-0.05, 0) is 0 Å². The maximum absolute atomic E-state index is 10.7. The van der Waals surface area contributed by atoms with Crippen LogP contribution in [0.15, 0.2) is 0 Å². The minimum absolute atomic E-state index is 0.0322. The van der Waals surface area contributed by atoms with Crippen LogP contribution in [-0.4, -0.2) is 30.2 Å². The van der Waals surface area contributed by atoms with Crippen LogP contribution in [0.25, 0.3) is 0 Å². The number of rotatable bonds is 3. The summed E-state index contributed by atoms with van der Waals surface area (Å²) in [5.41, 5.74) is 12.1. The molecule has 7 heteroatoms. The molecule has 1 unspecified atom stereocenters. The lowest BCUT2D eigenvalue weighted by Crippen LogP contribution is -2.42. The Bertz CT molecular complexity index is 175. The zero-order chi connectivity index (χ0) is 9.56. The highest BCUT2D eigenvalue weighted by Gasteiger charge is 2.13. The summed E-state index contributed by atoms with van der Waals surface area (Å²) in [6, 6.07) is -0.912. The standard InChI is InChI=1S/C5H11N3O3S/c6-1-3(7)5(10)11-8-4(9)2-12/h3,12H,1-2,6-7H2,(H,8,9). The smallest absolute Gasteiger partial charge is 0.339 e. The Balaban J connectivity index is 3.64. The predicted octanol–water partition coefficient (Wildman–Crippen LogP) is -2.22. The number of hydrogen-bond acceptors (Lipinski definition) is 6. The molecule has 0 aliphatic rings. The lowest BCUT2D eigenvalue weighted by atomic mass is 10.3. The van der Waals surface area contributed by atoms with Crippen molar-refractivity contribution in [1.29, 1.82) is 0 Å². The largest absolute Gasteiger partial charge is 0.350 e. The third-order valence-electron chi connectivity index (χ3n) is 0.966. The van der Waals surface area contributed by atoms with E-state index < -0.39 is 17.9 Å². The number of hydroxylamine groups is 1. The van der Waals surface area contributed by atoms with Crippen LogP contribution in [-0.2, 0) is 14.4 Å². The highest BCUT2D eigenvalue weighted by Crippen LogP contribution is 1.80. The van der Waals surface area contributed by atoms with E-state index in [4.69, 9.17) is 11.5 Å². The fraction of sp³-hybridized carbons (Fsp3) is 0.600. The molecular formula is C5H11N3O3S. The minimum atomic E-state index is -0.912. The first-order valence-electron chi connectivity index (χ1n) is 3.17. The highest BCUT2D eigenvalue weighted by atomic mass is 32.1. The zero-order valence-electron chi connectivity index (χ0n) is 6.32. The minimum Gasteiger partial charge on any atom is -0.339 e. The van der Waals surface area contributed by atoms with E-state index in [0.29, 0.717) is 0 Å². The van der Waals surface area contributed by atoms with Gasteiger partial charge in [-0.15, -0.1) is 0 Å². The van der Waals surface area contributed by atoms with Gasteiger partial charge in [0.05, 0.1) is 5.75 Å². The van der Waals surface area contributed by atoms with E-state index in [-0.39, 0.29) is 12.3 Å².